The molecule has 2 N–H and O–H groups in total. The number of benzene rings is 2. The molecule has 29 heavy (non-hydrogen) atoms. The molecule has 0 saturated heterocycles. The number of fused-ring (bicyclic) bond motifs is 1. The highest BCUT2D eigenvalue weighted by molar-refractivity contribution is 7.92. The first-order chi connectivity index (χ1) is 13.8. The van der Waals surface area contributed by atoms with E-state index in [9.17, 15) is 13.2 Å². The van der Waals surface area contributed by atoms with Crippen LogP contribution in [-0.2, 0) is 19.6 Å². The summed E-state index contributed by atoms with van der Waals surface area (Å²) in [6.07, 6.45) is 0.336. The van der Waals surface area contributed by atoms with Crippen molar-refractivity contribution >= 4 is 21.6 Å². The molecule has 1 aliphatic rings. The molecule has 1 aliphatic heterocycles. The van der Waals surface area contributed by atoms with E-state index >= 15 is 0 Å². The molecule has 1 heterocycles. The van der Waals surface area contributed by atoms with Crippen molar-refractivity contribution in [3.8, 4) is 5.75 Å². The lowest BCUT2D eigenvalue weighted by atomic mass is 9.87. The number of anilines is 1. The number of sulfonamides is 1. The lowest BCUT2D eigenvalue weighted by molar-refractivity contribution is -0.119. The van der Waals surface area contributed by atoms with Gasteiger partial charge in [0.15, 0.2) is 0 Å². The summed E-state index contributed by atoms with van der Waals surface area (Å²) in [6, 6.07) is 11.4. The van der Waals surface area contributed by atoms with Gasteiger partial charge in [0.05, 0.1) is 23.1 Å². The van der Waals surface area contributed by atoms with Gasteiger partial charge in [-0.15, -0.1) is 0 Å². The highest BCUT2D eigenvalue weighted by Crippen LogP contribution is 2.41. The number of hydrogen-bond donors (Lipinski definition) is 1. The van der Waals surface area contributed by atoms with Crippen molar-refractivity contribution in [2.45, 2.75) is 37.1 Å². The number of nitrogens with two attached hydrogens (primary N) is 1. The summed E-state index contributed by atoms with van der Waals surface area (Å²) < 4.78 is 39.0. The molecule has 0 unspecified atom stereocenters. The van der Waals surface area contributed by atoms with Crippen LogP contribution in [0.3, 0.4) is 0 Å². The third-order valence-electron chi connectivity index (χ3n) is 5.12. The predicted octanol–water partition coefficient (Wildman–Crippen LogP) is 2.58. The highest BCUT2D eigenvalue weighted by Gasteiger charge is 2.39. The van der Waals surface area contributed by atoms with E-state index in [4.69, 9.17) is 15.2 Å². The number of carbonyl (C=O) groups excluding carboxylic acids is 1. The summed E-state index contributed by atoms with van der Waals surface area (Å²) >= 11 is 0. The van der Waals surface area contributed by atoms with Crippen molar-refractivity contribution in [3.05, 3.63) is 53.6 Å². The molecule has 2 atom stereocenters. The first kappa shape index (κ1) is 21.1. The Morgan fingerprint density at radius 1 is 1.21 bits per heavy atom. The molecule has 3 rings (SSSR count). The standard InChI is InChI=1S/C21H26N2O5S/c1-14-12-16(8-9-20(14)28-11-10-27-3)29(25,26)23-15(2)13-18(21(22)24)17-6-4-5-7-19(17)23/h4-9,12,15,18H,10-11,13H2,1-3H3,(H2,22,24)/t15-,18+/m1/s1. The van der Waals surface area contributed by atoms with Crippen LogP contribution >= 0.6 is 0 Å². The molecular weight excluding hydrogens is 392 g/mol. The Labute approximate surface area is 171 Å². The number of methoxy groups -OCH3 is 1. The number of amides is 1. The van der Waals surface area contributed by atoms with Crippen LogP contribution in [0.1, 0.15) is 30.4 Å². The monoisotopic (exact) mass is 418 g/mol. The Morgan fingerprint density at radius 2 is 1.93 bits per heavy atom. The van der Waals surface area contributed by atoms with E-state index in [0.29, 0.717) is 36.6 Å². The van der Waals surface area contributed by atoms with Crippen molar-refractivity contribution in [2.75, 3.05) is 24.6 Å². The lowest BCUT2D eigenvalue weighted by Gasteiger charge is -2.38. The summed E-state index contributed by atoms with van der Waals surface area (Å²) in [5.74, 6) is -0.345. The van der Waals surface area contributed by atoms with Gasteiger partial charge in [-0.3, -0.25) is 9.10 Å². The minimum atomic E-state index is -3.84. The first-order valence-corrected chi connectivity index (χ1v) is 10.9. The Hall–Kier alpha value is -2.58. The van der Waals surface area contributed by atoms with Crippen molar-refractivity contribution < 1.29 is 22.7 Å². The van der Waals surface area contributed by atoms with E-state index in [1.165, 1.54) is 4.31 Å². The largest absolute Gasteiger partial charge is 0.491 e. The van der Waals surface area contributed by atoms with Crippen LogP contribution < -0.4 is 14.8 Å². The molecule has 0 aliphatic carbocycles. The fraction of sp³-hybridized carbons (Fsp3) is 0.381. The molecule has 2 aromatic carbocycles. The van der Waals surface area contributed by atoms with Gasteiger partial charge in [-0.2, -0.15) is 0 Å². The first-order valence-electron chi connectivity index (χ1n) is 9.42. The number of nitrogens with zero attached hydrogens (tertiary/aromatic N) is 1. The molecule has 2 aromatic rings. The maximum atomic E-state index is 13.5. The lowest BCUT2D eigenvalue weighted by Crippen LogP contribution is -2.45. The predicted molar refractivity (Wildman–Crippen MR) is 111 cm³/mol. The Balaban J connectivity index is 1.99. The summed E-state index contributed by atoms with van der Waals surface area (Å²) in [4.78, 5) is 12.1. The molecule has 8 heteroatoms. The maximum absolute atomic E-state index is 13.5. The third-order valence-corrected chi connectivity index (χ3v) is 7.04. The Morgan fingerprint density at radius 3 is 2.59 bits per heavy atom. The van der Waals surface area contributed by atoms with Crippen molar-refractivity contribution in [1.82, 2.24) is 0 Å². The smallest absolute Gasteiger partial charge is 0.264 e. The van der Waals surface area contributed by atoms with Crippen LogP contribution in [0.15, 0.2) is 47.4 Å². The van der Waals surface area contributed by atoms with E-state index in [0.717, 1.165) is 5.56 Å². The second kappa shape index (κ2) is 8.42. The molecule has 0 bridgehead atoms. The number of ether oxygens (including phenoxy) is 2. The SMILES string of the molecule is COCCOc1ccc(S(=O)(=O)N2c3ccccc3[C@@H](C(N)=O)C[C@H]2C)cc1C. The quantitative estimate of drug-likeness (QED) is 0.697. The molecular formula is C21H26N2O5S. The number of aryl methyl sites for hydroxylation is 1. The second-order valence-electron chi connectivity index (χ2n) is 7.17. The zero-order chi connectivity index (χ0) is 21.2. The minimum absolute atomic E-state index is 0.174. The molecule has 1 amide bonds. The molecule has 0 radical (unpaired) electrons. The van der Waals surface area contributed by atoms with Crippen LogP contribution in [0.5, 0.6) is 5.75 Å². The molecule has 7 nitrogen and oxygen atoms in total. The van der Waals surface area contributed by atoms with Gasteiger partial charge in [-0.25, -0.2) is 8.42 Å². The third kappa shape index (κ3) is 4.09. The van der Waals surface area contributed by atoms with Gasteiger partial charge in [0.2, 0.25) is 5.91 Å². The summed E-state index contributed by atoms with van der Waals surface area (Å²) in [5.41, 5.74) is 7.41. The van der Waals surface area contributed by atoms with Crippen molar-refractivity contribution in [1.29, 1.82) is 0 Å². The topological polar surface area (TPSA) is 98.9 Å². The number of carbonyl (C=O) groups is 1. The van der Waals surface area contributed by atoms with E-state index in [1.54, 1.807) is 63.4 Å². The molecule has 0 aromatic heterocycles. The normalized spacial score (nSPS) is 18.9. The van der Waals surface area contributed by atoms with E-state index < -0.39 is 27.9 Å². The van der Waals surface area contributed by atoms with Crippen LogP contribution in [0.2, 0.25) is 0 Å². The zero-order valence-electron chi connectivity index (χ0n) is 16.8. The van der Waals surface area contributed by atoms with Gasteiger partial charge in [-0.1, -0.05) is 18.2 Å². The van der Waals surface area contributed by atoms with E-state index in [1.807, 2.05) is 0 Å². The molecule has 156 valence electrons. The van der Waals surface area contributed by atoms with Crippen molar-refractivity contribution in [3.63, 3.8) is 0 Å². The fourth-order valence-corrected chi connectivity index (χ4v) is 5.49. The highest BCUT2D eigenvalue weighted by atomic mass is 32.2. The van der Waals surface area contributed by atoms with Crippen molar-refractivity contribution in [2.24, 2.45) is 5.73 Å². The number of primary amides is 1. The van der Waals surface area contributed by atoms with Gasteiger partial charge in [0, 0.05) is 13.2 Å². The van der Waals surface area contributed by atoms with Gasteiger partial charge >= 0.3 is 0 Å². The Bertz CT molecular complexity index is 1010. The second-order valence-corrected chi connectivity index (χ2v) is 8.98. The van der Waals surface area contributed by atoms with E-state index in [2.05, 4.69) is 0 Å². The molecule has 0 fully saturated rings. The Kier molecular flexibility index (Phi) is 6.14. The van der Waals surface area contributed by atoms with E-state index in [-0.39, 0.29) is 4.90 Å². The number of hydrogen-bond acceptors (Lipinski definition) is 5. The van der Waals surface area contributed by atoms with Gasteiger partial charge in [0.1, 0.15) is 12.4 Å². The average molecular weight is 419 g/mol. The average Bonchev–Trinajstić information content (AvgIpc) is 2.68. The summed E-state index contributed by atoms with van der Waals surface area (Å²) in [5, 5.41) is 0. The van der Waals surface area contributed by atoms with Crippen LogP contribution in [0, 0.1) is 6.92 Å². The minimum Gasteiger partial charge on any atom is -0.491 e. The molecule has 0 saturated carbocycles. The van der Waals surface area contributed by atoms with Gasteiger partial charge in [-0.05, 0) is 55.7 Å². The molecule has 0 spiro atoms. The van der Waals surface area contributed by atoms with Gasteiger partial charge < -0.3 is 15.2 Å². The van der Waals surface area contributed by atoms with Gasteiger partial charge in [0.25, 0.3) is 10.0 Å². The summed E-state index contributed by atoms with van der Waals surface area (Å²) in [6.45, 7) is 4.42. The number of rotatable bonds is 7. The fourth-order valence-electron chi connectivity index (χ4n) is 3.71. The number of para-hydroxylation sites is 1. The van der Waals surface area contributed by atoms with Crippen LogP contribution in [0.25, 0.3) is 0 Å². The maximum Gasteiger partial charge on any atom is 0.264 e. The summed E-state index contributed by atoms with van der Waals surface area (Å²) in [7, 11) is -2.25. The van der Waals surface area contributed by atoms with Crippen LogP contribution in [-0.4, -0.2) is 40.7 Å². The zero-order valence-corrected chi connectivity index (χ0v) is 17.6. The van der Waals surface area contributed by atoms with Crippen LogP contribution in [0.4, 0.5) is 5.69 Å².